The fourth-order valence-electron chi connectivity index (χ4n) is 2.30. The van der Waals surface area contributed by atoms with Gasteiger partial charge in [-0.15, -0.1) is 0 Å². The fourth-order valence-corrected chi connectivity index (χ4v) is 2.60. The van der Waals surface area contributed by atoms with E-state index in [9.17, 15) is 4.79 Å². The van der Waals surface area contributed by atoms with Crippen LogP contribution in [0.25, 0.3) is 0 Å². The van der Waals surface area contributed by atoms with Crippen molar-refractivity contribution < 1.29 is 28.6 Å². The molecule has 0 heterocycles. The highest BCUT2D eigenvalue weighted by molar-refractivity contribution is 6.32. The summed E-state index contributed by atoms with van der Waals surface area (Å²) >= 11 is 6.13. The number of nitrogens with zero attached hydrogens (tertiary/aromatic N) is 1. The molecule has 0 aliphatic heterocycles. The standard InChI is InChI=1S/C19H21ClN2O6/c1-24-13-5-6-16(25-2)15(9-13)22-18(23)11-28-21-10-12-7-14(20)19(27-4)17(8-12)26-3/h5-10H,11H2,1-4H3,(H,22,23)/b21-10-. The lowest BCUT2D eigenvalue weighted by Gasteiger charge is -2.11. The fraction of sp³-hybridized carbons (Fsp3) is 0.263. The molecule has 150 valence electrons. The van der Waals surface area contributed by atoms with Crippen molar-refractivity contribution in [3.05, 3.63) is 40.9 Å². The summed E-state index contributed by atoms with van der Waals surface area (Å²) in [6, 6.07) is 8.37. The Balaban J connectivity index is 1.96. The summed E-state index contributed by atoms with van der Waals surface area (Å²) in [4.78, 5) is 17.1. The first-order valence-corrected chi connectivity index (χ1v) is 8.48. The van der Waals surface area contributed by atoms with Crippen LogP contribution in [0.1, 0.15) is 5.56 Å². The number of nitrogens with one attached hydrogen (secondary N) is 1. The summed E-state index contributed by atoms with van der Waals surface area (Å²) in [5.74, 6) is 1.56. The van der Waals surface area contributed by atoms with Crippen LogP contribution in [0, 0.1) is 0 Å². The van der Waals surface area contributed by atoms with Crippen LogP contribution < -0.4 is 24.3 Å². The Hall–Kier alpha value is -3.13. The number of anilines is 1. The van der Waals surface area contributed by atoms with E-state index in [-0.39, 0.29) is 6.61 Å². The van der Waals surface area contributed by atoms with Crippen molar-refractivity contribution >= 4 is 29.4 Å². The van der Waals surface area contributed by atoms with Crippen LogP contribution in [0.4, 0.5) is 5.69 Å². The van der Waals surface area contributed by atoms with E-state index >= 15 is 0 Å². The first-order chi connectivity index (χ1) is 13.5. The van der Waals surface area contributed by atoms with Crippen molar-refractivity contribution in [1.82, 2.24) is 0 Å². The van der Waals surface area contributed by atoms with Gasteiger partial charge in [0.2, 0.25) is 0 Å². The molecule has 0 spiro atoms. The zero-order valence-corrected chi connectivity index (χ0v) is 16.7. The summed E-state index contributed by atoms with van der Waals surface area (Å²) in [5, 5.41) is 6.82. The van der Waals surface area contributed by atoms with Crippen molar-refractivity contribution in [2.75, 3.05) is 40.4 Å². The van der Waals surface area contributed by atoms with Crippen LogP contribution in [-0.4, -0.2) is 47.2 Å². The summed E-state index contributed by atoms with van der Waals surface area (Å²) in [6.07, 6.45) is 1.41. The molecule has 2 rings (SSSR count). The highest BCUT2D eigenvalue weighted by Gasteiger charge is 2.11. The molecular formula is C19H21ClN2O6. The lowest BCUT2D eigenvalue weighted by Crippen LogP contribution is -2.17. The van der Waals surface area contributed by atoms with Crippen molar-refractivity contribution in [3.63, 3.8) is 0 Å². The number of oxime groups is 1. The molecule has 0 aromatic heterocycles. The molecule has 28 heavy (non-hydrogen) atoms. The average Bonchev–Trinajstić information content (AvgIpc) is 2.70. The van der Waals surface area contributed by atoms with Crippen molar-refractivity contribution in [2.24, 2.45) is 5.16 Å². The molecule has 0 fully saturated rings. The van der Waals surface area contributed by atoms with Crippen LogP contribution >= 0.6 is 11.6 Å². The van der Waals surface area contributed by atoms with E-state index in [1.165, 1.54) is 34.7 Å². The number of rotatable bonds is 9. The highest BCUT2D eigenvalue weighted by Crippen LogP contribution is 2.35. The minimum absolute atomic E-state index is 0.294. The highest BCUT2D eigenvalue weighted by atomic mass is 35.5. The summed E-state index contributed by atoms with van der Waals surface area (Å²) in [6.45, 7) is -0.294. The second-order valence-electron chi connectivity index (χ2n) is 5.36. The molecule has 0 bridgehead atoms. The van der Waals surface area contributed by atoms with E-state index in [4.69, 9.17) is 35.4 Å². The molecule has 0 unspecified atom stereocenters. The van der Waals surface area contributed by atoms with Gasteiger partial charge in [-0.05, 0) is 24.3 Å². The van der Waals surface area contributed by atoms with Crippen LogP contribution in [-0.2, 0) is 9.63 Å². The number of hydrogen-bond acceptors (Lipinski definition) is 7. The lowest BCUT2D eigenvalue weighted by atomic mass is 10.2. The van der Waals surface area contributed by atoms with Gasteiger partial charge in [-0.2, -0.15) is 0 Å². The van der Waals surface area contributed by atoms with Crippen LogP contribution in [0.15, 0.2) is 35.5 Å². The van der Waals surface area contributed by atoms with Gasteiger partial charge < -0.3 is 29.1 Å². The molecule has 0 saturated heterocycles. The Morgan fingerprint density at radius 3 is 2.43 bits per heavy atom. The molecule has 1 N–H and O–H groups in total. The summed E-state index contributed by atoms with van der Waals surface area (Å²) in [7, 11) is 6.04. The Kier molecular flexibility index (Phi) is 7.76. The van der Waals surface area contributed by atoms with Crippen molar-refractivity contribution in [1.29, 1.82) is 0 Å². The molecule has 0 atom stereocenters. The minimum atomic E-state index is -0.408. The molecule has 0 aliphatic rings. The number of carbonyl (C=O) groups is 1. The molecule has 8 nitrogen and oxygen atoms in total. The minimum Gasteiger partial charge on any atom is -0.497 e. The molecule has 0 radical (unpaired) electrons. The van der Waals surface area contributed by atoms with Crippen molar-refractivity contribution in [2.45, 2.75) is 0 Å². The maximum Gasteiger partial charge on any atom is 0.265 e. The predicted molar refractivity (Wildman–Crippen MR) is 106 cm³/mol. The number of hydrogen-bond donors (Lipinski definition) is 1. The maximum atomic E-state index is 12.1. The van der Waals surface area contributed by atoms with E-state index < -0.39 is 5.91 Å². The third-order valence-electron chi connectivity index (χ3n) is 3.61. The van der Waals surface area contributed by atoms with Crippen molar-refractivity contribution in [3.8, 4) is 23.0 Å². The molecule has 1 amide bonds. The summed E-state index contributed by atoms with van der Waals surface area (Å²) < 4.78 is 20.7. The van der Waals surface area contributed by atoms with Gasteiger partial charge in [-0.25, -0.2) is 0 Å². The third-order valence-corrected chi connectivity index (χ3v) is 3.89. The number of halogens is 1. The number of carbonyl (C=O) groups excluding carboxylic acids is 1. The van der Waals surface area contributed by atoms with E-state index in [1.54, 1.807) is 30.3 Å². The van der Waals surface area contributed by atoms with Gasteiger partial charge in [0, 0.05) is 11.6 Å². The Morgan fingerprint density at radius 1 is 1.04 bits per heavy atom. The SMILES string of the molecule is COc1ccc(OC)c(NC(=O)CO/N=C\c2cc(Cl)c(OC)c(OC)c2)c1. The van der Waals surface area contributed by atoms with Crippen LogP contribution in [0.2, 0.25) is 5.02 Å². The first-order valence-electron chi connectivity index (χ1n) is 8.11. The van der Waals surface area contributed by atoms with Gasteiger partial charge in [0.15, 0.2) is 18.1 Å². The average molecular weight is 409 g/mol. The predicted octanol–water partition coefficient (Wildman–Crippen LogP) is 3.36. The third kappa shape index (κ3) is 5.43. The summed E-state index contributed by atoms with van der Waals surface area (Å²) in [5.41, 5.74) is 1.09. The quantitative estimate of drug-likeness (QED) is 0.505. The number of methoxy groups -OCH3 is 4. The zero-order valence-electron chi connectivity index (χ0n) is 15.9. The molecule has 9 heteroatoms. The Labute approximate surface area is 167 Å². The molecule has 0 aliphatic carbocycles. The largest absolute Gasteiger partial charge is 0.497 e. The van der Waals surface area contributed by atoms with Gasteiger partial charge in [-0.3, -0.25) is 4.79 Å². The zero-order chi connectivity index (χ0) is 20.5. The number of benzene rings is 2. The van der Waals surface area contributed by atoms with E-state index in [0.29, 0.717) is 39.3 Å². The Morgan fingerprint density at radius 2 is 1.79 bits per heavy atom. The Bertz CT molecular complexity index is 857. The second kappa shape index (κ2) is 10.3. The number of ether oxygens (including phenoxy) is 4. The van der Waals surface area contributed by atoms with E-state index in [0.717, 1.165) is 0 Å². The monoisotopic (exact) mass is 408 g/mol. The number of amides is 1. The first kappa shape index (κ1) is 21.2. The second-order valence-corrected chi connectivity index (χ2v) is 5.77. The maximum absolute atomic E-state index is 12.1. The van der Waals surface area contributed by atoms with Gasteiger partial charge >= 0.3 is 0 Å². The van der Waals surface area contributed by atoms with Gasteiger partial charge in [0.25, 0.3) is 5.91 Å². The molecular weight excluding hydrogens is 388 g/mol. The topological polar surface area (TPSA) is 87.6 Å². The molecule has 0 saturated carbocycles. The van der Waals surface area contributed by atoms with Gasteiger partial charge in [0.05, 0.1) is 45.4 Å². The van der Waals surface area contributed by atoms with Gasteiger partial charge in [-0.1, -0.05) is 16.8 Å². The van der Waals surface area contributed by atoms with E-state index in [1.807, 2.05) is 0 Å². The van der Waals surface area contributed by atoms with Gasteiger partial charge in [0.1, 0.15) is 11.5 Å². The van der Waals surface area contributed by atoms with Crippen LogP contribution in [0.3, 0.4) is 0 Å². The molecule has 2 aromatic carbocycles. The lowest BCUT2D eigenvalue weighted by molar-refractivity contribution is -0.120. The normalized spacial score (nSPS) is 10.5. The van der Waals surface area contributed by atoms with Crippen LogP contribution in [0.5, 0.6) is 23.0 Å². The van der Waals surface area contributed by atoms with E-state index in [2.05, 4.69) is 10.5 Å². The smallest absolute Gasteiger partial charge is 0.265 e. The molecule has 2 aromatic rings.